The molecule has 0 saturated carbocycles. The summed E-state index contributed by atoms with van der Waals surface area (Å²) in [5.74, 6) is 1.67. The highest BCUT2D eigenvalue weighted by Gasteiger charge is 2.26. The quantitative estimate of drug-likeness (QED) is 0.647. The van der Waals surface area contributed by atoms with Crippen molar-refractivity contribution in [1.29, 1.82) is 0 Å². The van der Waals surface area contributed by atoms with Gasteiger partial charge in [0.1, 0.15) is 0 Å². The fourth-order valence-corrected chi connectivity index (χ4v) is 3.76. The van der Waals surface area contributed by atoms with Crippen LogP contribution in [-0.4, -0.2) is 39.0 Å². The lowest BCUT2D eigenvalue weighted by molar-refractivity contribution is -0.120. The molecular weight excluding hydrogens is 376 g/mol. The third-order valence-corrected chi connectivity index (χ3v) is 5.61. The van der Waals surface area contributed by atoms with Crippen molar-refractivity contribution < 1.29 is 4.79 Å². The van der Waals surface area contributed by atoms with E-state index in [4.69, 9.17) is 0 Å². The number of carbonyl (C=O) groups excluding carboxylic acids is 1. The van der Waals surface area contributed by atoms with Crippen molar-refractivity contribution in [2.45, 2.75) is 39.0 Å². The molecule has 1 aliphatic heterocycles. The van der Waals surface area contributed by atoms with E-state index in [1.165, 1.54) is 18.4 Å². The van der Waals surface area contributed by atoms with Gasteiger partial charge in [-0.2, -0.15) is 5.10 Å². The van der Waals surface area contributed by atoms with Gasteiger partial charge < -0.3 is 10.2 Å². The van der Waals surface area contributed by atoms with E-state index in [1.54, 1.807) is 10.9 Å². The summed E-state index contributed by atoms with van der Waals surface area (Å²) < 4.78 is 1.68. The number of nitrogens with zero attached hydrogens (tertiary/aromatic N) is 5. The van der Waals surface area contributed by atoms with Crippen LogP contribution in [0.25, 0.3) is 5.82 Å². The van der Waals surface area contributed by atoms with Crippen LogP contribution < -0.4 is 10.2 Å². The first-order chi connectivity index (χ1) is 14.7. The van der Waals surface area contributed by atoms with Gasteiger partial charge in [0.15, 0.2) is 11.6 Å². The van der Waals surface area contributed by atoms with E-state index in [0.717, 1.165) is 43.9 Å². The summed E-state index contributed by atoms with van der Waals surface area (Å²) in [4.78, 5) is 14.9. The standard InChI is InChI=1S/C23H28N6O/c1-2-3-5-18-6-8-20(9-7-18)25-23(30)19-12-16-28(17-13-19)21-10-11-22(27-26-21)29-15-4-14-24-29/h4,6-11,14-15,19H,2-3,5,12-13,16-17H2,1H3,(H,25,30). The Morgan fingerprint density at radius 3 is 2.43 bits per heavy atom. The predicted molar refractivity (Wildman–Crippen MR) is 118 cm³/mol. The molecule has 1 fully saturated rings. The molecule has 1 amide bonds. The molecule has 1 aliphatic rings. The zero-order valence-corrected chi connectivity index (χ0v) is 17.4. The highest BCUT2D eigenvalue weighted by Crippen LogP contribution is 2.23. The Hall–Kier alpha value is -3.22. The maximum Gasteiger partial charge on any atom is 0.227 e. The molecule has 0 atom stereocenters. The van der Waals surface area contributed by atoms with Crippen LogP contribution in [0.1, 0.15) is 38.2 Å². The number of aromatic nitrogens is 4. The molecule has 3 heterocycles. The second-order valence-corrected chi connectivity index (χ2v) is 7.75. The van der Waals surface area contributed by atoms with Gasteiger partial charge in [0, 0.05) is 37.1 Å². The van der Waals surface area contributed by atoms with Gasteiger partial charge in [0.25, 0.3) is 0 Å². The molecule has 0 radical (unpaired) electrons. The Morgan fingerprint density at radius 1 is 1.07 bits per heavy atom. The monoisotopic (exact) mass is 404 g/mol. The number of carbonyl (C=O) groups is 1. The van der Waals surface area contributed by atoms with Gasteiger partial charge in [-0.3, -0.25) is 4.79 Å². The Morgan fingerprint density at radius 2 is 1.80 bits per heavy atom. The minimum absolute atomic E-state index is 0.0253. The topological polar surface area (TPSA) is 75.9 Å². The minimum Gasteiger partial charge on any atom is -0.355 e. The van der Waals surface area contributed by atoms with Gasteiger partial charge in [-0.05, 0) is 61.6 Å². The number of rotatable bonds is 7. The van der Waals surface area contributed by atoms with Gasteiger partial charge >= 0.3 is 0 Å². The van der Waals surface area contributed by atoms with Crippen LogP contribution in [0.5, 0.6) is 0 Å². The SMILES string of the molecule is CCCCc1ccc(NC(=O)C2CCN(c3ccc(-n4cccn4)nn3)CC2)cc1. The van der Waals surface area contributed by atoms with Crippen molar-refractivity contribution in [2.75, 3.05) is 23.3 Å². The van der Waals surface area contributed by atoms with Crippen molar-refractivity contribution in [3.05, 3.63) is 60.4 Å². The van der Waals surface area contributed by atoms with Crippen LogP contribution in [0.2, 0.25) is 0 Å². The van der Waals surface area contributed by atoms with Crippen LogP contribution in [0, 0.1) is 5.92 Å². The second kappa shape index (κ2) is 9.52. The maximum absolute atomic E-state index is 12.7. The summed E-state index contributed by atoms with van der Waals surface area (Å²) in [5, 5.41) is 15.8. The number of benzene rings is 1. The molecule has 0 unspecified atom stereocenters. The van der Waals surface area contributed by atoms with Gasteiger partial charge in [-0.15, -0.1) is 10.2 Å². The van der Waals surface area contributed by atoms with Crippen LogP contribution >= 0.6 is 0 Å². The molecule has 4 rings (SSSR count). The third kappa shape index (κ3) is 4.84. The molecule has 156 valence electrons. The minimum atomic E-state index is 0.0253. The van der Waals surface area contributed by atoms with Crippen molar-refractivity contribution in [3.8, 4) is 5.82 Å². The highest BCUT2D eigenvalue weighted by molar-refractivity contribution is 5.92. The lowest BCUT2D eigenvalue weighted by Crippen LogP contribution is -2.38. The number of hydrogen-bond donors (Lipinski definition) is 1. The highest BCUT2D eigenvalue weighted by atomic mass is 16.1. The maximum atomic E-state index is 12.7. The van der Waals surface area contributed by atoms with Crippen molar-refractivity contribution in [3.63, 3.8) is 0 Å². The first-order valence-corrected chi connectivity index (χ1v) is 10.7. The first-order valence-electron chi connectivity index (χ1n) is 10.7. The molecule has 0 bridgehead atoms. The molecule has 7 heteroatoms. The number of piperidine rings is 1. The predicted octanol–water partition coefficient (Wildman–Crippen LogP) is 3.86. The van der Waals surface area contributed by atoms with Crippen LogP contribution in [0.4, 0.5) is 11.5 Å². The molecule has 1 saturated heterocycles. The Balaban J connectivity index is 1.28. The largest absolute Gasteiger partial charge is 0.355 e. The summed E-state index contributed by atoms with van der Waals surface area (Å²) in [6, 6.07) is 14.0. The molecular formula is C23H28N6O. The Kier molecular flexibility index (Phi) is 6.37. The molecule has 3 aromatic rings. The van der Waals surface area contributed by atoms with Gasteiger partial charge in [0.2, 0.25) is 5.91 Å². The van der Waals surface area contributed by atoms with Crippen molar-refractivity contribution in [2.24, 2.45) is 5.92 Å². The Labute approximate surface area is 177 Å². The van der Waals surface area contributed by atoms with E-state index in [0.29, 0.717) is 5.82 Å². The zero-order valence-electron chi connectivity index (χ0n) is 17.4. The van der Waals surface area contributed by atoms with Crippen LogP contribution in [0.15, 0.2) is 54.9 Å². The zero-order chi connectivity index (χ0) is 20.8. The van der Waals surface area contributed by atoms with E-state index in [2.05, 4.69) is 44.6 Å². The average molecular weight is 405 g/mol. The smallest absolute Gasteiger partial charge is 0.227 e. The third-order valence-electron chi connectivity index (χ3n) is 5.61. The molecule has 2 aromatic heterocycles. The van der Waals surface area contributed by atoms with Crippen LogP contribution in [0.3, 0.4) is 0 Å². The van der Waals surface area contributed by atoms with E-state index in [-0.39, 0.29) is 11.8 Å². The van der Waals surface area contributed by atoms with Crippen LogP contribution in [-0.2, 0) is 11.2 Å². The summed E-state index contributed by atoms with van der Waals surface area (Å²) in [5.41, 5.74) is 2.20. The number of unbranched alkanes of at least 4 members (excludes halogenated alkanes) is 1. The van der Waals surface area contributed by atoms with E-state index >= 15 is 0 Å². The molecule has 1 aromatic carbocycles. The van der Waals surface area contributed by atoms with E-state index < -0.39 is 0 Å². The molecule has 0 aliphatic carbocycles. The fraction of sp³-hybridized carbons (Fsp3) is 0.391. The second-order valence-electron chi connectivity index (χ2n) is 7.75. The normalized spacial score (nSPS) is 14.6. The lowest BCUT2D eigenvalue weighted by atomic mass is 9.95. The number of anilines is 2. The fourth-order valence-electron chi connectivity index (χ4n) is 3.76. The van der Waals surface area contributed by atoms with Crippen molar-refractivity contribution >= 4 is 17.4 Å². The number of aryl methyl sites for hydroxylation is 1. The number of amides is 1. The summed E-state index contributed by atoms with van der Waals surface area (Å²) >= 11 is 0. The summed E-state index contributed by atoms with van der Waals surface area (Å²) in [6.45, 7) is 3.79. The van der Waals surface area contributed by atoms with Gasteiger partial charge in [0.05, 0.1) is 0 Å². The van der Waals surface area contributed by atoms with Gasteiger partial charge in [-0.25, -0.2) is 4.68 Å². The molecule has 7 nitrogen and oxygen atoms in total. The van der Waals surface area contributed by atoms with Gasteiger partial charge in [-0.1, -0.05) is 25.5 Å². The van der Waals surface area contributed by atoms with E-state index in [9.17, 15) is 4.79 Å². The molecule has 30 heavy (non-hydrogen) atoms. The van der Waals surface area contributed by atoms with Crippen molar-refractivity contribution in [1.82, 2.24) is 20.0 Å². The summed E-state index contributed by atoms with van der Waals surface area (Å²) in [6.07, 6.45) is 8.65. The summed E-state index contributed by atoms with van der Waals surface area (Å²) in [7, 11) is 0. The molecule has 1 N–H and O–H groups in total. The lowest BCUT2D eigenvalue weighted by Gasteiger charge is -2.31. The number of nitrogens with one attached hydrogen (secondary N) is 1. The molecule has 0 spiro atoms. The number of hydrogen-bond acceptors (Lipinski definition) is 5. The Bertz CT molecular complexity index is 929. The van der Waals surface area contributed by atoms with E-state index in [1.807, 2.05) is 36.5 Å². The average Bonchev–Trinajstić information content (AvgIpc) is 3.34. The first kappa shape index (κ1) is 20.1.